The molecule has 0 saturated carbocycles. The lowest BCUT2D eigenvalue weighted by Gasteiger charge is -2.34. The molecule has 7 heteroatoms. The van der Waals surface area contributed by atoms with Gasteiger partial charge in [0.15, 0.2) is 5.58 Å². The fraction of sp³-hybridized carbons (Fsp3) is 0.467. The first-order valence-electron chi connectivity index (χ1n) is 7.35. The summed E-state index contributed by atoms with van der Waals surface area (Å²) in [6, 6.07) is 5.23. The van der Waals surface area contributed by atoms with Crippen molar-refractivity contribution >= 4 is 28.6 Å². The Kier molecular flexibility index (Phi) is 4.22. The highest BCUT2D eigenvalue weighted by molar-refractivity contribution is 6.31. The smallest absolute Gasteiger partial charge is 0.408 e. The van der Waals surface area contributed by atoms with Gasteiger partial charge in [0.1, 0.15) is 0 Å². The molecule has 3 rings (SSSR count). The Balaban J connectivity index is 1.75. The highest BCUT2D eigenvalue weighted by atomic mass is 35.5. The third-order valence-electron chi connectivity index (χ3n) is 4.00. The van der Waals surface area contributed by atoms with Crippen LogP contribution in [0.25, 0.3) is 11.1 Å². The van der Waals surface area contributed by atoms with E-state index >= 15 is 0 Å². The van der Waals surface area contributed by atoms with Crippen molar-refractivity contribution in [2.75, 3.05) is 19.6 Å². The van der Waals surface area contributed by atoms with Crippen molar-refractivity contribution in [3.05, 3.63) is 33.8 Å². The normalized spacial score (nSPS) is 18.8. The van der Waals surface area contributed by atoms with Gasteiger partial charge in [-0.25, -0.2) is 4.79 Å². The molecule has 1 saturated heterocycles. The minimum atomic E-state index is -0.460. The van der Waals surface area contributed by atoms with Crippen molar-refractivity contribution in [2.45, 2.75) is 25.9 Å². The van der Waals surface area contributed by atoms with Gasteiger partial charge in [0, 0.05) is 49.7 Å². The minimum Gasteiger partial charge on any atom is -0.408 e. The lowest BCUT2D eigenvalue weighted by Crippen LogP contribution is -2.52. The fourth-order valence-corrected chi connectivity index (χ4v) is 2.98. The van der Waals surface area contributed by atoms with Gasteiger partial charge in [-0.2, -0.15) is 0 Å². The van der Waals surface area contributed by atoms with E-state index in [0.29, 0.717) is 29.2 Å². The number of carbonyl (C=O) groups is 1. The number of aromatic nitrogens is 1. The van der Waals surface area contributed by atoms with Crippen LogP contribution in [0.2, 0.25) is 5.02 Å². The summed E-state index contributed by atoms with van der Waals surface area (Å²) in [5.74, 6) is -0.400. The van der Waals surface area contributed by atoms with Crippen molar-refractivity contribution in [3.63, 3.8) is 0 Å². The molecule has 0 unspecified atom stereocenters. The number of fused-ring (bicyclic) bond motifs is 1. The highest BCUT2D eigenvalue weighted by Gasteiger charge is 2.23. The first-order valence-corrected chi connectivity index (χ1v) is 7.73. The summed E-state index contributed by atoms with van der Waals surface area (Å²) in [4.78, 5) is 26.1. The van der Waals surface area contributed by atoms with Crippen LogP contribution in [0.4, 0.5) is 0 Å². The molecule has 1 aliphatic rings. The second-order valence-electron chi connectivity index (χ2n) is 5.52. The summed E-state index contributed by atoms with van der Waals surface area (Å²) in [7, 11) is 0. The van der Waals surface area contributed by atoms with E-state index in [9.17, 15) is 9.59 Å². The van der Waals surface area contributed by atoms with E-state index < -0.39 is 5.76 Å². The molecule has 1 aromatic carbocycles. The third kappa shape index (κ3) is 2.89. The van der Waals surface area contributed by atoms with E-state index in [4.69, 9.17) is 16.0 Å². The zero-order valence-electron chi connectivity index (χ0n) is 12.3. The van der Waals surface area contributed by atoms with E-state index in [1.54, 1.807) is 18.2 Å². The van der Waals surface area contributed by atoms with Crippen LogP contribution >= 0.6 is 11.6 Å². The van der Waals surface area contributed by atoms with Crippen LogP contribution < -0.4 is 11.1 Å². The summed E-state index contributed by atoms with van der Waals surface area (Å²) < 4.78 is 6.65. The lowest BCUT2D eigenvalue weighted by atomic mass is 10.2. The average molecular weight is 324 g/mol. The van der Waals surface area contributed by atoms with E-state index in [0.717, 1.165) is 13.1 Å². The van der Waals surface area contributed by atoms with Crippen LogP contribution in [-0.4, -0.2) is 41.1 Å². The SMILES string of the molecule is C[C@H]1CNCCN1C(=O)CCn1c(=O)oc2cc(Cl)ccc21. The number of hydrogen-bond donors (Lipinski definition) is 1. The first-order chi connectivity index (χ1) is 10.6. The van der Waals surface area contributed by atoms with Crippen LogP contribution in [0.1, 0.15) is 13.3 Å². The second kappa shape index (κ2) is 6.14. The van der Waals surface area contributed by atoms with Gasteiger partial charge < -0.3 is 14.6 Å². The molecular weight excluding hydrogens is 306 g/mol. The Bertz CT molecular complexity index is 752. The molecule has 118 valence electrons. The van der Waals surface area contributed by atoms with Crippen LogP contribution in [0, 0.1) is 0 Å². The second-order valence-corrected chi connectivity index (χ2v) is 5.96. The van der Waals surface area contributed by atoms with Gasteiger partial charge in [-0.3, -0.25) is 9.36 Å². The van der Waals surface area contributed by atoms with Gasteiger partial charge in [0.2, 0.25) is 5.91 Å². The van der Waals surface area contributed by atoms with Crippen LogP contribution in [0.3, 0.4) is 0 Å². The molecule has 1 fully saturated rings. The molecule has 1 aliphatic heterocycles. The number of aryl methyl sites for hydroxylation is 1. The van der Waals surface area contributed by atoms with Crippen LogP contribution in [0.5, 0.6) is 0 Å². The third-order valence-corrected chi connectivity index (χ3v) is 4.24. The zero-order valence-corrected chi connectivity index (χ0v) is 13.1. The number of carbonyl (C=O) groups excluding carboxylic acids is 1. The number of nitrogens with one attached hydrogen (secondary N) is 1. The standard InChI is InChI=1S/C15H18ClN3O3/c1-10-9-17-5-7-18(10)14(20)4-6-19-12-3-2-11(16)8-13(12)22-15(19)21/h2-3,8,10,17H,4-7,9H2,1H3/t10-/m0/s1. The van der Waals surface area contributed by atoms with E-state index in [2.05, 4.69) is 5.32 Å². The number of halogens is 1. The predicted molar refractivity (Wildman–Crippen MR) is 84.1 cm³/mol. The average Bonchev–Trinajstić information content (AvgIpc) is 2.79. The Labute approximate surface area is 132 Å². The van der Waals surface area contributed by atoms with E-state index in [-0.39, 0.29) is 18.4 Å². The fourth-order valence-electron chi connectivity index (χ4n) is 2.81. The number of oxazole rings is 1. The molecule has 22 heavy (non-hydrogen) atoms. The zero-order chi connectivity index (χ0) is 15.7. The molecule has 2 aromatic rings. The summed E-state index contributed by atoms with van der Waals surface area (Å²) >= 11 is 5.89. The maximum atomic E-state index is 12.3. The summed E-state index contributed by atoms with van der Waals surface area (Å²) in [5, 5.41) is 3.76. The topological polar surface area (TPSA) is 67.5 Å². The molecule has 1 atom stereocenters. The highest BCUT2D eigenvalue weighted by Crippen LogP contribution is 2.18. The monoisotopic (exact) mass is 323 g/mol. The maximum absolute atomic E-state index is 12.3. The summed E-state index contributed by atoms with van der Waals surface area (Å²) in [6.07, 6.45) is 0.279. The van der Waals surface area contributed by atoms with Gasteiger partial charge in [0.25, 0.3) is 0 Å². The van der Waals surface area contributed by atoms with Gasteiger partial charge in [-0.05, 0) is 19.1 Å². The van der Waals surface area contributed by atoms with Gasteiger partial charge >= 0.3 is 5.76 Å². The maximum Gasteiger partial charge on any atom is 0.419 e. The largest absolute Gasteiger partial charge is 0.419 e. The first kappa shape index (κ1) is 15.1. The molecule has 0 aliphatic carbocycles. The number of piperazine rings is 1. The molecule has 0 spiro atoms. The Morgan fingerprint density at radius 1 is 1.50 bits per heavy atom. The van der Waals surface area contributed by atoms with Crippen molar-refractivity contribution in [3.8, 4) is 0 Å². The molecule has 2 heterocycles. The molecule has 1 aromatic heterocycles. The van der Waals surface area contributed by atoms with E-state index in [1.165, 1.54) is 4.57 Å². The summed E-state index contributed by atoms with van der Waals surface area (Å²) in [5.41, 5.74) is 1.11. The number of hydrogen-bond acceptors (Lipinski definition) is 4. The predicted octanol–water partition coefficient (Wildman–Crippen LogP) is 1.46. The lowest BCUT2D eigenvalue weighted by molar-refractivity contribution is -0.134. The van der Waals surface area contributed by atoms with Crippen molar-refractivity contribution in [1.29, 1.82) is 0 Å². The molecule has 0 radical (unpaired) electrons. The molecule has 1 N–H and O–H groups in total. The molecule has 1 amide bonds. The quantitative estimate of drug-likeness (QED) is 0.928. The molecular formula is C15H18ClN3O3. The number of benzene rings is 1. The van der Waals surface area contributed by atoms with Gasteiger partial charge in [0.05, 0.1) is 5.52 Å². The minimum absolute atomic E-state index is 0.0595. The Morgan fingerprint density at radius 2 is 2.32 bits per heavy atom. The van der Waals surface area contributed by atoms with Crippen molar-refractivity contribution in [2.24, 2.45) is 0 Å². The number of rotatable bonds is 3. The molecule has 0 bridgehead atoms. The van der Waals surface area contributed by atoms with Crippen LogP contribution in [-0.2, 0) is 11.3 Å². The van der Waals surface area contributed by atoms with Crippen LogP contribution in [0.15, 0.2) is 27.4 Å². The number of amides is 1. The number of nitrogens with zero attached hydrogens (tertiary/aromatic N) is 2. The van der Waals surface area contributed by atoms with Crippen molar-refractivity contribution < 1.29 is 9.21 Å². The van der Waals surface area contributed by atoms with Gasteiger partial charge in [-0.1, -0.05) is 11.6 Å². The van der Waals surface area contributed by atoms with Gasteiger partial charge in [-0.15, -0.1) is 0 Å². The van der Waals surface area contributed by atoms with Crippen molar-refractivity contribution in [1.82, 2.24) is 14.8 Å². The Morgan fingerprint density at radius 3 is 3.09 bits per heavy atom. The molecule has 6 nitrogen and oxygen atoms in total. The Hall–Kier alpha value is -1.79. The van der Waals surface area contributed by atoms with E-state index in [1.807, 2.05) is 11.8 Å². The summed E-state index contributed by atoms with van der Waals surface area (Å²) in [6.45, 7) is 4.65.